The third-order valence-corrected chi connectivity index (χ3v) is 3.60. The van der Waals surface area contributed by atoms with Crippen LogP contribution in [0.15, 0.2) is 47.0 Å². The molecule has 3 aromatic rings. The number of aromatic amines is 1. The van der Waals surface area contributed by atoms with Crippen LogP contribution in [0.4, 0.5) is 5.69 Å². The zero-order valence-electron chi connectivity index (χ0n) is 10.8. The van der Waals surface area contributed by atoms with E-state index in [2.05, 4.69) is 25.1 Å². The Morgan fingerprint density at radius 3 is 2.45 bits per heavy atom. The van der Waals surface area contributed by atoms with E-state index in [4.69, 9.17) is 11.6 Å². The van der Waals surface area contributed by atoms with Gasteiger partial charge in [-0.25, -0.2) is 15.0 Å². The molecule has 0 aliphatic heterocycles. The average Bonchev–Trinajstić information content (AvgIpc) is 2.97. The molecule has 0 saturated carbocycles. The summed E-state index contributed by atoms with van der Waals surface area (Å²) in [6.07, 6.45) is 2.28. The van der Waals surface area contributed by atoms with Crippen LogP contribution in [0.3, 0.4) is 0 Å². The van der Waals surface area contributed by atoms with Crippen LogP contribution < -0.4 is 0 Å². The Bertz CT molecular complexity index is 805. The molecule has 1 aromatic carbocycles. The molecule has 0 aliphatic rings. The number of nitro groups is 1. The number of halogens is 1. The van der Waals surface area contributed by atoms with Crippen molar-refractivity contribution in [3.63, 3.8) is 0 Å². The lowest BCUT2D eigenvalue weighted by Crippen LogP contribution is -1.92. The van der Waals surface area contributed by atoms with Gasteiger partial charge >= 0.3 is 5.69 Å². The van der Waals surface area contributed by atoms with Gasteiger partial charge in [-0.05, 0) is 36.0 Å². The van der Waals surface area contributed by atoms with E-state index in [1.807, 2.05) is 12.1 Å². The standard InChI is InChI=1S/C12H7ClN6O2S/c13-8-3-1-7(2-4-8)10-16-12(18-17-10)22-11-14-5-9(6-15-11)19(20)21/h1-6H,(H,16,17,18). The molecule has 0 amide bonds. The summed E-state index contributed by atoms with van der Waals surface area (Å²) in [5, 5.41) is 18.8. The van der Waals surface area contributed by atoms with Gasteiger partial charge < -0.3 is 0 Å². The second-order valence-electron chi connectivity index (χ2n) is 4.06. The van der Waals surface area contributed by atoms with E-state index < -0.39 is 4.92 Å². The SMILES string of the molecule is O=[N+]([O-])c1cnc(Sc2n[nH]c(-c3ccc(Cl)cc3)n2)nc1. The van der Waals surface area contributed by atoms with Gasteiger partial charge in [0.05, 0.1) is 4.92 Å². The highest BCUT2D eigenvalue weighted by molar-refractivity contribution is 7.99. The smallest absolute Gasteiger partial charge is 0.258 e. The summed E-state index contributed by atoms with van der Waals surface area (Å²) in [6.45, 7) is 0. The first-order valence-electron chi connectivity index (χ1n) is 5.94. The fraction of sp³-hybridized carbons (Fsp3) is 0. The summed E-state index contributed by atoms with van der Waals surface area (Å²) in [5.41, 5.74) is 0.676. The van der Waals surface area contributed by atoms with E-state index in [1.165, 1.54) is 0 Å². The predicted octanol–water partition coefficient (Wildman–Crippen LogP) is 2.97. The minimum Gasteiger partial charge on any atom is -0.258 e. The van der Waals surface area contributed by atoms with E-state index in [0.717, 1.165) is 29.7 Å². The van der Waals surface area contributed by atoms with Gasteiger partial charge in [0.2, 0.25) is 5.16 Å². The number of H-pyrrole nitrogens is 1. The summed E-state index contributed by atoms with van der Waals surface area (Å²) in [5.74, 6) is 0.584. The Morgan fingerprint density at radius 1 is 1.14 bits per heavy atom. The van der Waals surface area contributed by atoms with Crippen LogP contribution in [0.2, 0.25) is 5.02 Å². The van der Waals surface area contributed by atoms with Gasteiger partial charge in [-0.15, -0.1) is 5.10 Å². The maximum absolute atomic E-state index is 10.5. The summed E-state index contributed by atoms with van der Waals surface area (Å²) >= 11 is 6.93. The number of rotatable bonds is 4. The number of hydrogen-bond acceptors (Lipinski definition) is 7. The Balaban J connectivity index is 1.76. The lowest BCUT2D eigenvalue weighted by Gasteiger charge is -1.95. The molecule has 0 fully saturated rings. The summed E-state index contributed by atoms with van der Waals surface area (Å²) in [4.78, 5) is 22.1. The Kier molecular flexibility index (Phi) is 3.98. The molecular formula is C12H7ClN6O2S. The molecule has 0 spiro atoms. The number of benzene rings is 1. The minimum absolute atomic E-state index is 0.166. The topological polar surface area (TPSA) is 110 Å². The zero-order chi connectivity index (χ0) is 15.5. The van der Waals surface area contributed by atoms with Crippen molar-refractivity contribution in [2.75, 3.05) is 0 Å². The Hall–Kier alpha value is -2.52. The molecular weight excluding hydrogens is 328 g/mol. The monoisotopic (exact) mass is 334 g/mol. The van der Waals surface area contributed by atoms with Crippen LogP contribution in [0.5, 0.6) is 0 Å². The van der Waals surface area contributed by atoms with Gasteiger partial charge in [0.25, 0.3) is 0 Å². The molecule has 0 bridgehead atoms. The third-order valence-electron chi connectivity index (χ3n) is 2.59. The van der Waals surface area contributed by atoms with Crippen molar-refractivity contribution in [1.29, 1.82) is 0 Å². The van der Waals surface area contributed by atoms with Gasteiger partial charge in [0, 0.05) is 10.6 Å². The van der Waals surface area contributed by atoms with E-state index in [-0.39, 0.29) is 5.69 Å². The van der Waals surface area contributed by atoms with Crippen LogP contribution in [-0.4, -0.2) is 30.1 Å². The van der Waals surface area contributed by atoms with Crippen LogP contribution >= 0.6 is 23.4 Å². The average molecular weight is 335 g/mol. The first-order valence-corrected chi connectivity index (χ1v) is 7.14. The third kappa shape index (κ3) is 3.21. The summed E-state index contributed by atoms with van der Waals surface area (Å²) in [7, 11) is 0. The Labute approximate surface area is 133 Å². The fourth-order valence-corrected chi connectivity index (χ4v) is 2.30. The fourth-order valence-electron chi connectivity index (χ4n) is 1.57. The van der Waals surface area contributed by atoms with Crippen molar-refractivity contribution < 1.29 is 4.92 Å². The van der Waals surface area contributed by atoms with Crippen molar-refractivity contribution in [2.24, 2.45) is 0 Å². The predicted molar refractivity (Wildman–Crippen MR) is 79.6 cm³/mol. The lowest BCUT2D eigenvalue weighted by atomic mass is 10.2. The maximum Gasteiger partial charge on any atom is 0.305 e. The van der Waals surface area contributed by atoms with Crippen molar-refractivity contribution in [3.05, 3.63) is 51.8 Å². The van der Waals surface area contributed by atoms with Crippen LogP contribution in [0, 0.1) is 10.1 Å². The van der Waals surface area contributed by atoms with E-state index in [0.29, 0.717) is 21.2 Å². The number of aromatic nitrogens is 5. The molecule has 0 radical (unpaired) electrons. The van der Waals surface area contributed by atoms with Gasteiger partial charge in [0.15, 0.2) is 11.0 Å². The van der Waals surface area contributed by atoms with Gasteiger partial charge in [-0.2, -0.15) is 0 Å². The van der Waals surface area contributed by atoms with E-state index >= 15 is 0 Å². The van der Waals surface area contributed by atoms with Crippen molar-refractivity contribution >= 4 is 29.1 Å². The zero-order valence-corrected chi connectivity index (χ0v) is 12.4. The molecule has 10 heteroatoms. The number of nitrogens with zero attached hydrogens (tertiary/aromatic N) is 5. The number of hydrogen-bond donors (Lipinski definition) is 1. The van der Waals surface area contributed by atoms with E-state index in [9.17, 15) is 10.1 Å². The molecule has 2 aromatic heterocycles. The molecule has 0 atom stereocenters. The molecule has 8 nitrogen and oxygen atoms in total. The second-order valence-corrected chi connectivity index (χ2v) is 5.43. The van der Waals surface area contributed by atoms with Crippen molar-refractivity contribution in [1.82, 2.24) is 25.1 Å². The summed E-state index contributed by atoms with van der Waals surface area (Å²) in [6, 6.07) is 7.15. The summed E-state index contributed by atoms with van der Waals surface area (Å²) < 4.78 is 0. The molecule has 0 unspecified atom stereocenters. The highest BCUT2D eigenvalue weighted by Crippen LogP contribution is 2.24. The molecule has 22 heavy (non-hydrogen) atoms. The highest BCUT2D eigenvalue weighted by atomic mass is 35.5. The Morgan fingerprint density at radius 2 is 1.82 bits per heavy atom. The first kappa shape index (κ1) is 14.4. The van der Waals surface area contributed by atoms with Crippen LogP contribution in [-0.2, 0) is 0 Å². The quantitative estimate of drug-likeness (QED) is 0.443. The van der Waals surface area contributed by atoms with Gasteiger partial charge in [-0.3, -0.25) is 15.2 Å². The maximum atomic E-state index is 10.5. The molecule has 110 valence electrons. The van der Waals surface area contributed by atoms with Crippen molar-refractivity contribution in [3.8, 4) is 11.4 Å². The van der Waals surface area contributed by atoms with Crippen molar-refractivity contribution in [2.45, 2.75) is 10.3 Å². The molecule has 1 N–H and O–H groups in total. The molecule has 0 saturated heterocycles. The van der Waals surface area contributed by atoms with Crippen LogP contribution in [0.1, 0.15) is 0 Å². The lowest BCUT2D eigenvalue weighted by molar-refractivity contribution is -0.385. The van der Waals surface area contributed by atoms with E-state index in [1.54, 1.807) is 12.1 Å². The molecule has 0 aliphatic carbocycles. The first-order chi connectivity index (χ1) is 10.6. The molecule has 3 rings (SSSR count). The largest absolute Gasteiger partial charge is 0.305 e. The molecule has 2 heterocycles. The number of nitrogens with one attached hydrogen (secondary N) is 1. The normalized spacial score (nSPS) is 10.6. The van der Waals surface area contributed by atoms with Gasteiger partial charge in [0.1, 0.15) is 12.4 Å². The van der Waals surface area contributed by atoms with Crippen LogP contribution in [0.25, 0.3) is 11.4 Å². The minimum atomic E-state index is -0.556. The van der Waals surface area contributed by atoms with Gasteiger partial charge in [-0.1, -0.05) is 11.6 Å². The highest BCUT2D eigenvalue weighted by Gasteiger charge is 2.11. The second kappa shape index (κ2) is 6.08.